The van der Waals surface area contributed by atoms with Crippen molar-refractivity contribution in [2.75, 3.05) is 20.7 Å². The molecule has 1 aromatic heterocycles. The molecule has 1 atom stereocenters. The Hall–Kier alpha value is -2.99. The Balaban J connectivity index is 2.30. The first kappa shape index (κ1) is 27.3. The van der Waals surface area contributed by atoms with Gasteiger partial charge in [-0.15, -0.1) is 0 Å². The number of alkyl halides is 3. The van der Waals surface area contributed by atoms with Crippen LogP contribution in [0.2, 0.25) is 10.0 Å². The van der Waals surface area contributed by atoms with Crippen molar-refractivity contribution in [3.63, 3.8) is 0 Å². The Morgan fingerprint density at radius 1 is 1.18 bits per heavy atom. The molecule has 34 heavy (non-hydrogen) atoms. The molecule has 186 valence electrons. The molecule has 1 unspecified atom stereocenters. The van der Waals surface area contributed by atoms with Crippen LogP contribution in [0.1, 0.15) is 18.2 Å². The third-order valence-corrected chi connectivity index (χ3v) is 5.68. The number of hydrogen-bond acceptors (Lipinski definition) is 6. The van der Waals surface area contributed by atoms with E-state index in [0.29, 0.717) is 15.2 Å². The average molecular weight is 526 g/mol. The predicted molar refractivity (Wildman–Crippen MR) is 116 cm³/mol. The number of likely N-dealkylation sites (N-methyl/N-ethyl adjacent to an activating group) is 1. The number of methoxy groups -OCH3 is 1. The smallest absolute Gasteiger partial charge is 0.431 e. The van der Waals surface area contributed by atoms with Gasteiger partial charge >= 0.3 is 17.8 Å². The van der Waals surface area contributed by atoms with Gasteiger partial charge in [0.25, 0.3) is 11.5 Å². The van der Waals surface area contributed by atoms with Gasteiger partial charge in [0.05, 0.1) is 18.7 Å². The summed E-state index contributed by atoms with van der Waals surface area (Å²) in [6.07, 6.45) is -5.95. The normalized spacial score (nSPS) is 12.3. The fraction of sp³-hybridized carbons (Fsp3) is 0.400. The van der Waals surface area contributed by atoms with Gasteiger partial charge in [-0.3, -0.25) is 23.5 Å². The maximum atomic E-state index is 13.0. The molecule has 0 saturated carbocycles. The van der Waals surface area contributed by atoms with Crippen LogP contribution in [-0.2, 0) is 34.1 Å². The first-order valence-electron chi connectivity index (χ1n) is 9.52. The summed E-state index contributed by atoms with van der Waals surface area (Å²) in [6, 6.07) is 2.99. The van der Waals surface area contributed by atoms with Gasteiger partial charge < -0.3 is 14.4 Å². The summed E-state index contributed by atoms with van der Waals surface area (Å²) in [5.74, 6) is -1.19. The van der Waals surface area contributed by atoms with Gasteiger partial charge in [0.15, 0.2) is 6.10 Å². The van der Waals surface area contributed by atoms with Crippen LogP contribution in [-0.4, -0.2) is 52.7 Å². The van der Waals surface area contributed by atoms with Crippen LogP contribution in [0, 0.1) is 0 Å². The monoisotopic (exact) mass is 525 g/mol. The zero-order chi connectivity index (χ0) is 26.0. The predicted octanol–water partition coefficient (Wildman–Crippen LogP) is 2.32. The van der Waals surface area contributed by atoms with Crippen molar-refractivity contribution in [1.82, 2.24) is 14.0 Å². The average Bonchev–Trinajstić information content (AvgIpc) is 2.76. The number of aromatic nitrogens is 2. The summed E-state index contributed by atoms with van der Waals surface area (Å²) < 4.78 is 49.9. The molecule has 2 aromatic rings. The number of halogens is 5. The van der Waals surface area contributed by atoms with Gasteiger partial charge in [-0.05, 0) is 18.6 Å². The molecule has 0 bridgehead atoms. The molecular formula is C20H20Cl2F3N3O6. The van der Waals surface area contributed by atoms with Crippen molar-refractivity contribution in [3.8, 4) is 5.75 Å². The summed E-state index contributed by atoms with van der Waals surface area (Å²) >= 11 is 12.5. The number of nitrogens with zero attached hydrogens (tertiary/aromatic N) is 3. The minimum Gasteiger partial charge on any atom is -0.479 e. The molecular weight excluding hydrogens is 506 g/mol. The Labute approximate surface area is 201 Å². The van der Waals surface area contributed by atoms with E-state index in [1.54, 1.807) is 0 Å². The number of esters is 1. The van der Waals surface area contributed by atoms with Crippen LogP contribution in [0.5, 0.6) is 5.75 Å². The van der Waals surface area contributed by atoms with E-state index in [1.807, 2.05) is 0 Å². The third kappa shape index (κ3) is 5.92. The highest BCUT2D eigenvalue weighted by Gasteiger charge is 2.35. The van der Waals surface area contributed by atoms with Crippen molar-refractivity contribution in [2.24, 2.45) is 7.05 Å². The SMILES string of the molecule is COC(=O)CN(C)C(=O)C(C)Oc1ccc(Cn2c(=O)cc(C(F)(F)F)n(C)c2=O)c(Cl)c1Cl. The maximum Gasteiger partial charge on any atom is 0.431 e. The highest BCUT2D eigenvalue weighted by Crippen LogP contribution is 2.35. The van der Waals surface area contributed by atoms with Crippen LogP contribution in [0.25, 0.3) is 0 Å². The number of carbonyl (C=O) groups excluding carboxylic acids is 2. The molecule has 1 heterocycles. The van der Waals surface area contributed by atoms with E-state index >= 15 is 0 Å². The molecule has 0 fully saturated rings. The fourth-order valence-corrected chi connectivity index (χ4v) is 3.37. The highest BCUT2D eigenvalue weighted by atomic mass is 35.5. The van der Waals surface area contributed by atoms with Gasteiger partial charge in [-0.1, -0.05) is 29.3 Å². The lowest BCUT2D eigenvalue weighted by Gasteiger charge is -2.22. The molecule has 0 spiro atoms. The van der Waals surface area contributed by atoms with E-state index in [9.17, 15) is 32.3 Å². The summed E-state index contributed by atoms with van der Waals surface area (Å²) in [4.78, 5) is 49.3. The summed E-state index contributed by atoms with van der Waals surface area (Å²) in [5.41, 5.74) is -3.60. The minimum atomic E-state index is -4.88. The molecule has 14 heteroatoms. The highest BCUT2D eigenvalue weighted by molar-refractivity contribution is 6.43. The van der Waals surface area contributed by atoms with E-state index < -0.39 is 47.6 Å². The van der Waals surface area contributed by atoms with E-state index in [-0.39, 0.29) is 27.9 Å². The van der Waals surface area contributed by atoms with Gasteiger partial charge in [0.2, 0.25) is 0 Å². The van der Waals surface area contributed by atoms with E-state index in [2.05, 4.69) is 4.74 Å². The lowest BCUT2D eigenvalue weighted by atomic mass is 10.2. The molecule has 0 aliphatic carbocycles. The molecule has 0 saturated heterocycles. The van der Waals surface area contributed by atoms with Gasteiger partial charge in [0, 0.05) is 20.2 Å². The Kier molecular flexibility index (Phi) is 8.43. The molecule has 0 aliphatic heterocycles. The molecule has 0 radical (unpaired) electrons. The summed E-state index contributed by atoms with van der Waals surface area (Å²) in [7, 11) is 3.44. The zero-order valence-electron chi connectivity index (χ0n) is 18.4. The topological polar surface area (TPSA) is 99.8 Å². The standard InChI is InChI=1S/C20H20Cl2F3N3O6/c1-10(18(31)26(2)9-15(30)33-4)34-12-6-5-11(16(21)17(12)22)8-28-14(29)7-13(20(23,24)25)27(3)19(28)32/h5-7,10H,8-9H2,1-4H3. The number of carbonyl (C=O) groups is 2. The lowest BCUT2D eigenvalue weighted by molar-refractivity contribution is -0.148. The maximum absolute atomic E-state index is 13.0. The molecule has 0 N–H and O–H groups in total. The second kappa shape index (κ2) is 10.5. The van der Waals surface area contributed by atoms with Crippen molar-refractivity contribution in [1.29, 1.82) is 0 Å². The lowest BCUT2D eigenvalue weighted by Crippen LogP contribution is -2.42. The van der Waals surface area contributed by atoms with Crippen molar-refractivity contribution in [3.05, 3.63) is 60.3 Å². The number of rotatable bonds is 7. The van der Waals surface area contributed by atoms with Crippen LogP contribution in [0.4, 0.5) is 13.2 Å². The summed E-state index contributed by atoms with van der Waals surface area (Å²) in [6.45, 7) is 0.659. The van der Waals surface area contributed by atoms with Crippen molar-refractivity contribution >= 4 is 35.1 Å². The zero-order valence-corrected chi connectivity index (χ0v) is 19.9. The Morgan fingerprint density at radius 2 is 1.79 bits per heavy atom. The molecule has 9 nitrogen and oxygen atoms in total. The van der Waals surface area contributed by atoms with Crippen molar-refractivity contribution < 1.29 is 32.2 Å². The fourth-order valence-electron chi connectivity index (χ4n) is 2.93. The van der Waals surface area contributed by atoms with Crippen molar-refractivity contribution in [2.45, 2.75) is 25.7 Å². The van der Waals surface area contributed by atoms with Crippen LogP contribution < -0.4 is 16.0 Å². The summed E-state index contributed by atoms with van der Waals surface area (Å²) in [5, 5.41) is -0.276. The molecule has 0 aliphatic rings. The first-order valence-corrected chi connectivity index (χ1v) is 10.3. The van der Waals surface area contributed by atoms with Crippen LogP contribution in [0.15, 0.2) is 27.8 Å². The second-order valence-electron chi connectivity index (χ2n) is 7.17. The van der Waals surface area contributed by atoms with Crippen LogP contribution in [0.3, 0.4) is 0 Å². The largest absolute Gasteiger partial charge is 0.479 e. The van der Waals surface area contributed by atoms with E-state index in [4.69, 9.17) is 27.9 Å². The first-order chi connectivity index (χ1) is 15.7. The second-order valence-corrected chi connectivity index (χ2v) is 7.93. The Bertz CT molecular complexity index is 1230. The van der Waals surface area contributed by atoms with E-state index in [1.165, 1.54) is 33.2 Å². The molecule has 1 amide bonds. The molecule has 2 rings (SSSR count). The number of amides is 1. The Morgan fingerprint density at radius 3 is 2.35 bits per heavy atom. The minimum absolute atomic E-state index is 0.00426. The quantitative estimate of drug-likeness (QED) is 0.514. The number of benzene rings is 1. The molecule has 1 aromatic carbocycles. The number of hydrogen-bond donors (Lipinski definition) is 0. The van der Waals surface area contributed by atoms with Gasteiger partial charge in [0.1, 0.15) is 23.0 Å². The van der Waals surface area contributed by atoms with Gasteiger partial charge in [-0.25, -0.2) is 4.79 Å². The van der Waals surface area contributed by atoms with Crippen LogP contribution >= 0.6 is 23.2 Å². The third-order valence-electron chi connectivity index (χ3n) is 4.77. The van der Waals surface area contributed by atoms with Gasteiger partial charge in [-0.2, -0.15) is 13.2 Å². The number of ether oxygens (including phenoxy) is 2. The van der Waals surface area contributed by atoms with E-state index in [0.717, 1.165) is 11.9 Å².